The molecule has 1 amide bonds. The molecule has 0 aliphatic heterocycles. The van der Waals surface area contributed by atoms with E-state index < -0.39 is 10.0 Å². The quantitative estimate of drug-likeness (QED) is 0.904. The normalized spacial score (nSPS) is 11.5. The highest BCUT2D eigenvalue weighted by molar-refractivity contribution is 7.89. The van der Waals surface area contributed by atoms with Gasteiger partial charge in [-0.2, -0.15) is 4.31 Å². The second kappa shape index (κ2) is 7.15. The lowest BCUT2D eigenvalue weighted by molar-refractivity contribution is 0.0963. The summed E-state index contributed by atoms with van der Waals surface area (Å²) in [5.74, 6) is -0.169. The molecule has 24 heavy (non-hydrogen) atoms. The number of amides is 1. The SMILES string of the molecule is CNC(=O)c1ccc(CN(C)S(=O)(=O)c2ccc(C)cc2C)cc1. The number of rotatable bonds is 5. The van der Waals surface area contributed by atoms with E-state index in [0.717, 1.165) is 16.7 Å². The molecule has 0 atom stereocenters. The van der Waals surface area contributed by atoms with Crippen molar-refractivity contribution in [3.05, 3.63) is 64.7 Å². The molecule has 0 saturated heterocycles. The summed E-state index contributed by atoms with van der Waals surface area (Å²) < 4.78 is 26.8. The molecule has 0 spiro atoms. The molecule has 0 bridgehead atoms. The van der Waals surface area contributed by atoms with E-state index >= 15 is 0 Å². The molecule has 5 nitrogen and oxygen atoms in total. The molecular formula is C18H22N2O3S. The van der Waals surface area contributed by atoms with Crippen molar-refractivity contribution in [2.45, 2.75) is 25.3 Å². The minimum Gasteiger partial charge on any atom is -0.355 e. The van der Waals surface area contributed by atoms with Crippen molar-refractivity contribution in [1.29, 1.82) is 0 Å². The molecule has 128 valence electrons. The van der Waals surface area contributed by atoms with E-state index in [-0.39, 0.29) is 12.5 Å². The number of hydrogen-bond donors (Lipinski definition) is 1. The number of nitrogens with zero attached hydrogens (tertiary/aromatic N) is 1. The first kappa shape index (κ1) is 18.2. The lowest BCUT2D eigenvalue weighted by atomic mass is 10.1. The minimum absolute atomic E-state index is 0.169. The van der Waals surface area contributed by atoms with E-state index in [0.29, 0.717) is 10.5 Å². The molecule has 6 heteroatoms. The maximum absolute atomic E-state index is 12.8. The summed E-state index contributed by atoms with van der Waals surface area (Å²) in [7, 11) is -0.435. The highest BCUT2D eigenvalue weighted by atomic mass is 32.2. The van der Waals surface area contributed by atoms with Crippen LogP contribution in [0.5, 0.6) is 0 Å². The van der Waals surface area contributed by atoms with Crippen LogP contribution in [0.2, 0.25) is 0 Å². The maximum Gasteiger partial charge on any atom is 0.251 e. The third kappa shape index (κ3) is 3.83. The number of carbonyl (C=O) groups is 1. The van der Waals surface area contributed by atoms with Crippen LogP contribution in [0.4, 0.5) is 0 Å². The summed E-state index contributed by atoms with van der Waals surface area (Å²) in [4.78, 5) is 11.9. The highest BCUT2D eigenvalue weighted by Crippen LogP contribution is 2.21. The van der Waals surface area contributed by atoms with Crippen LogP contribution >= 0.6 is 0 Å². The standard InChI is InChI=1S/C18H22N2O3S/c1-13-5-10-17(14(2)11-13)24(22,23)20(4)12-15-6-8-16(9-7-15)18(21)19-3/h5-11H,12H2,1-4H3,(H,19,21). The molecule has 2 rings (SSSR count). The van der Waals surface area contributed by atoms with Gasteiger partial charge in [0.25, 0.3) is 5.91 Å². The molecule has 0 unspecified atom stereocenters. The van der Waals surface area contributed by atoms with Gasteiger partial charge in [0.2, 0.25) is 10.0 Å². The van der Waals surface area contributed by atoms with E-state index in [1.807, 2.05) is 13.0 Å². The molecule has 0 aromatic heterocycles. The van der Waals surface area contributed by atoms with Gasteiger partial charge in [-0.3, -0.25) is 4.79 Å². The Morgan fingerprint density at radius 2 is 1.71 bits per heavy atom. The number of aryl methyl sites for hydroxylation is 2. The molecule has 0 radical (unpaired) electrons. The van der Waals surface area contributed by atoms with Crippen molar-refractivity contribution in [3.63, 3.8) is 0 Å². The van der Waals surface area contributed by atoms with E-state index in [1.165, 1.54) is 4.31 Å². The average molecular weight is 346 g/mol. The van der Waals surface area contributed by atoms with Crippen molar-refractivity contribution in [2.24, 2.45) is 0 Å². The smallest absolute Gasteiger partial charge is 0.251 e. The van der Waals surface area contributed by atoms with Crippen LogP contribution in [-0.2, 0) is 16.6 Å². The van der Waals surface area contributed by atoms with Crippen molar-refractivity contribution >= 4 is 15.9 Å². The van der Waals surface area contributed by atoms with Crippen LogP contribution in [0.1, 0.15) is 27.0 Å². The molecule has 0 aliphatic rings. The Balaban J connectivity index is 2.22. The first-order valence-electron chi connectivity index (χ1n) is 7.60. The van der Waals surface area contributed by atoms with Gasteiger partial charge in [-0.25, -0.2) is 8.42 Å². The maximum atomic E-state index is 12.8. The van der Waals surface area contributed by atoms with Gasteiger partial charge in [-0.05, 0) is 43.2 Å². The van der Waals surface area contributed by atoms with Crippen LogP contribution in [0.15, 0.2) is 47.4 Å². The van der Waals surface area contributed by atoms with Crippen LogP contribution in [0.25, 0.3) is 0 Å². The Kier molecular flexibility index (Phi) is 5.41. The summed E-state index contributed by atoms with van der Waals surface area (Å²) in [6.07, 6.45) is 0. The second-order valence-electron chi connectivity index (χ2n) is 5.81. The van der Waals surface area contributed by atoms with Gasteiger partial charge in [0.1, 0.15) is 0 Å². The van der Waals surface area contributed by atoms with Crippen molar-refractivity contribution in [1.82, 2.24) is 9.62 Å². The fraction of sp³-hybridized carbons (Fsp3) is 0.278. The van der Waals surface area contributed by atoms with E-state index in [1.54, 1.807) is 57.4 Å². The zero-order valence-corrected chi connectivity index (χ0v) is 15.1. The first-order valence-corrected chi connectivity index (χ1v) is 9.04. The first-order chi connectivity index (χ1) is 11.3. The van der Waals surface area contributed by atoms with E-state index in [2.05, 4.69) is 5.32 Å². The Bertz CT molecular complexity index is 843. The fourth-order valence-electron chi connectivity index (χ4n) is 2.50. The van der Waals surface area contributed by atoms with Gasteiger partial charge in [-0.1, -0.05) is 29.8 Å². The molecule has 0 aliphatic carbocycles. The predicted molar refractivity (Wildman–Crippen MR) is 94.4 cm³/mol. The average Bonchev–Trinajstić information content (AvgIpc) is 2.54. The summed E-state index contributed by atoms with van der Waals surface area (Å²) in [5.41, 5.74) is 3.12. The number of benzene rings is 2. The van der Waals surface area contributed by atoms with Gasteiger partial charge in [-0.15, -0.1) is 0 Å². The zero-order chi connectivity index (χ0) is 17.9. The Morgan fingerprint density at radius 3 is 2.25 bits per heavy atom. The van der Waals surface area contributed by atoms with Crippen LogP contribution < -0.4 is 5.32 Å². The van der Waals surface area contributed by atoms with Gasteiger partial charge in [0.05, 0.1) is 4.90 Å². The third-order valence-electron chi connectivity index (χ3n) is 3.87. The minimum atomic E-state index is -3.56. The van der Waals surface area contributed by atoms with Crippen molar-refractivity contribution < 1.29 is 13.2 Å². The topological polar surface area (TPSA) is 66.5 Å². The molecule has 0 saturated carbocycles. The lowest BCUT2D eigenvalue weighted by Crippen LogP contribution is -2.27. The van der Waals surface area contributed by atoms with E-state index in [9.17, 15) is 13.2 Å². The summed E-state index contributed by atoms with van der Waals surface area (Å²) >= 11 is 0. The molecule has 1 N–H and O–H groups in total. The van der Waals surface area contributed by atoms with Crippen LogP contribution in [0.3, 0.4) is 0 Å². The van der Waals surface area contributed by atoms with Gasteiger partial charge in [0, 0.05) is 26.2 Å². The number of carbonyl (C=O) groups excluding carboxylic acids is 1. The number of sulfonamides is 1. The molecule has 2 aromatic rings. The predicted octanol–water partition coefficient (Wildman–Crippen LogP) is 2.48. The highest BCUT2D eigenvalue weighted by Gasteiger charge is 2.22. The number of hydrogen-bond acceptors (Lipinski definition) is 3. The monoisotopic (exact) mass is 346 g/mol. The Hall–Kier alpha value is -2.18. The van der Waals surface area contributed by atoms with Crippen LogP contribution in [-0.4, -0.2) is 32.7 Å². The van der Waals surface area contributed by atoms with Crippen LogP contribution in [0, 0.1) is 13.8 Å². The summed E-state index contributed by atoms with van der Waals surface area (Å²) in [6.45, 7) is 3.97. The Morgan fingerprint density at radius 1 is 1.08 bits per heavy atom. The second-order valence-corrected chi connectivity index (χ2v) is 7.82. The van der Waals surface area contributed by atoms with Crippen molar-refractivity contribution in [2.75, 3.05) is 14.1 Å². The molecule has 0 heterocycles. The van der Waals surface area contributed by atoms with Gasteiger partial charge in [0.15, 0.2) is 0 Å². The molecule has 2 aromatic carbocycles. The summed E-state index contributed by atoms with van der Waals surface area (Å²) in [6, 6.07) is 12.2. The zero-order valence-electron chi connectivity index (χ0n) is 14.3. The Labute approximate surface area is 143 Å². The fourth-order valence-corrected chi connectivity index (χ4v) is 3.87. The lowest BCUT2D eigenvalue weighted by Gasteiger charge is -2.19. The number of nitrogens with one attached hydrogen (secondary N) is 1. The van der Waals surface area contributed by atoms with Gasteiger partial charge >= 0.3 is 0 Å². The van der Waals surface area contributed by atoms with Gasteiger partial charge < -0.3 is 5.32 Å². The third-order valence-corrected chi connectivity index (χ3v) is 5.83. The molecular weight excluding hydrogens is 324 g/mol. The summed E-state index contributed by atoms with van der Waals surface area (Å²) in [5, 5.41) is 2.55. The largest absolute Gasteiger partial charge is 0.355 e. The van der Waals surface area contributed by atoms with E-state index in [4.69, 9.17) is 0 Å². The molecule has 0 fully saturated rings. The van der Waals surface area contributed by atoms with Crippen molar-refractivity contribution in [3.8, 4) is 0 Å².